The van der Waals surface area contributed by atoms with Crippen LogP contribution in [-0.4, -0.2) is 30.1 Å². The van der Waals surface area contributed by atoms with Crippen LogP contribution < -0.4 is 15.4 Å². The summed E-state index contributed by atoms with van der Waals surface area (Å²) in [6, 6.07) is 6.63. The zero-order valence-electron chi connectivity index (χ0n) is 12.4. The van der Waals surface area contributed by atoms with Crippen LogP contribution in [0.1, 0.15) is 31.2 Å². The topological polar surface area (TPSA) is 50.4 Å². The lowest BCUT2D eigenvalue weighted by atomic mass is 9.95. The number of nitrogens with one attached hydrogen (secondary N) is 2. The molecule has 0 bridgehead atoms. The Morgan fingerprint density at radius 3 is 3.19 bits per heavy atom. The number of hydrogen-bond donors (Lipinski definition) is 2. The van der Waals surface area contributed by atoms with Crippen molar-refractivity contribution in [1.29, 1.82) is 0 Å². The van der Waals surface area contributed by atoms with Crippen LogP contribution in [0.15, 0.2) is 18.2 Å². The molecule has 1 saturated carbocycles. The van der Waals surface area contributed by atoms with Gasteiger partial charge in [0.25, 0.3) is 5.91 Å². The molecule has 21 heavy (non-hydrogen) atoms. The standard InChI is InChI=1S/C16H22N2O2S/c1-21-13-4-2-3-12(8-13)17-9-11-5-6-15-14(7-11)18-16(19)10-20-15/h5-7,12-13,17H,2-4,8-10H2,1H3,(H,18,19). The maximum absolute atomic E-state index is 11.4. The van der Waals surface area contributed by atoms with E-state index in [0.29, 0.717) is 6.04 Å². The summed E-state index contributed by atoms with van der Waals surface area (Å²) in [5.74, 6) is 0.682. The van der Waals surface area contributed by atoms with E-state index in [-0.39, 0.29) is 12.5 Å². The van der Waals surface area contributed by atoms with Gasteiger partial charge in [0.05, 0.1) is 5.69 Å². The van der Waals surface area contributed by atoms with Gasteiger partial charge in [-0.1, -0.05) is 12.5 Å². The molecule has 2 unspecified atom stereocenters. The van der Waals surface area contributed by atoms with Crippen molar-refractivity contribution in [3.05, 3.63) is 23.8 Å². The predicted octanol–water partition coefficient (Wildman–Crippen LogP) is 2.78. The van der Waals surface area contributed by atoms with Crippen LogP contribution in [0.4, 0.5) is 5.69 Å². The normalized spacial score (nSPS) is 24.9. The van der Waals surface area contributed by atoms with Gasteiger partial charge in [-0.05, 0) is 43.2 Å². The lowest BCUT2D eigenvalue weighted by Gasteiger charge is -2.29. The SMILES string of the molecule is CSC1CCCC(NCc2ccc3c(c2)NC(=O)CO3)C1. The Labute approximate surface area is 130 Å². The minimum absolute atomic E-state index is 0.0808. The Hall–Kier alpha value is -1.20. The number of fused-ring (bicyclic) bond motifs is 1. The highest BCUT2D eigenvalue weighted by Crippen LogP contribution is 2.29. The number of anilines is 1. The summed E-state index contributed by atoms with van der Waals surface area (Å²) < 4.78 is 5.38. The molecule has 3 rings (SSSR count). The van der Waals surface area contributed by atoms with E-state index in [2.05, 4.69) is 23.0 Å². The molecule has 1 aromatic rings. The zero-order chi connectivity index (χ0) is 14.7. The monoisotopic (exact) mass is 306 g/mol. The summed E-state index contributed by atoms with van der Waals surface area (Å²) >= 11 is 1.99. The third-order valence-corrected chi connectivity index (χ3v) is 5.33. The van der Waals surface area contributed by atoms with Gasteiger partial charge in [-0.2, -0.15) is 11.8 Å². The molecule has 0 saturated heterocycles. The molecule has 1 heterocycles. The molecule has 1 aliphatic heterocycles. The molecule has 0 spiro atoms. The molecular weight excluding hydrogens is 284 g/mol. The molecule has 114 valence electrons. The van der Waals surface area contributed by atoms with E-state index in [0.717, 1.165) is 23.2 Å². The number of benzene rings is 1. The highest BCUT2D eigenvalue weighted by Gasteiger charge is 2.21. The van der Waals surface area contributed by atoms with E-state index in [1.807, 2.05) is 23.9 Å². The van der Waals surface area contributed by atoms with E-state index in [1.54, 1.807) is 0 Å². The zero-order valence-corrected chi connectivity index (χ0v) is 13.2. The number of ether oxygens (including phenoxy) is 1. The fourth-order valence-corrected chi connectivity index (χ4v) is 3.87. The predicted molar refractivity (Wildman–Crippen MR) is 87.0 cm³/mol. The first-order valence-electron chi connectivity index (χ1n) is 7.56. The number of rotatable bonds is 4. The Balaban J connectivity index is 1.58. The Kier molecular flexibility index (Phi) is 4.70. The van der Waals surface area contributed by atoms with E-state index < -0.39 is 0 Å². The summed E-state index contributed by atoms with van der Waals surface area (Å²) in [5.41, 5.74) is 1.97. The second kappa shape index (κ2) is 6.71. The second-order valence-corrected chi connectivity index (χ2v) is 6.91. The smallest absolute Gasteiger partial charge is 0.262 e. The maximum Gasteiger partial charge on any atom is 0.262 e. The minimum atomic E-state index is -0.0808. The van der Waals surface area contributed by atoms with Crippen molar-refractivity contribution >= 4 is 23.4 Å². The highest BCUT2D eigenvalue weighted by atomic mass is 32.2. The third-order valence-electron chi connectivity index (χ3n) is 4.23. The Morgan fingerprint density at radius 1 is 1.43 bits per heavy atom. The highest BCUT2D eigenvalue weighted by molar-refractivity contribution is 7.99. The maximum atomic E-state index is 11.4. The fraction of sp³-hybridized carbons (Fsp3) is 0.562. The molecule has 1 amide bonds. The van der Waals surface area contributed by atoms with Gasteiger partial charge in [0.1, 0.15) is 5.75 Å². The number of carbonyl (C=O) groups excluding carboxylic acids is 1. The van der Waals surface area contributed by atoms with Gasteiger partial charge in [0.15, 0.2) is 6.61 Å². The van der Waals surface area contributed by atoms with Crippen LogP contribution in [0.25, 0.3) is 0 Å². The molecular formula is C16H22N2O2S. The van der Waals surface area contributed by atoms with Crippen LogP contribution in [0.2, 0.25) is 0 Å². The summed E-state index contributed by atoms with van der Waals surface area (Å²) in [5, 5.41) is 7.31. The van der Waals surface area contributed by atoms with Gasteiger partial charge < -0.3 is 15.4 Å². The average molecular weight is 306 g/mol. The van der Waals surface area contributed by atoms with Crippen molar-refractivity contribution in [1.82, 2.24) is 5.32 Å². The largest absolute Gasteiger partial charge is 0.482 e. The van der Waals surface area contributed by atoms with Crippen molar-refractivity contribution in [2.75, 3.05) is 18.2 Å². The number of amides is 1. The first-order valence-corrected chi connectivity index (χ1v) is 8.85. The minimum Gasteiger partial charge on any atom is -0.482 e. The van der Waals surface area contributed by atoms with Crippen LogP contribution in [-0.2, 0) is 11.3 Å². The summed E-state index contributed by atoms with van der Waals surface area (Å²) in [6.45, 7) is 0.956. The molecule has 1 aliphatic carbocycles. The van der Waals surface area contributed by atoms with E-state index >= 15 is 0 Å². The van der Waals surface area contributed by atoms with Gasteiger partial charge in [-0.3, -0.25) is 4.79 Å². The van der Waals surface area contributed by atoms with Crippen LogP contribution >= 0.6 is 11.8 Å². The van der Waals surface area contributed by atoms with E-state index in [4.69, 9.17) is 4.74 Å². The van der Waals surface area contributed by atoms with Gasteiger partial charge >= 0.3 is 0 Å². The third kappa shape index (κ3) is 3.71. The second-order valence-electron chi connectivity index (χ2n) is 5.77. The van der Waals surface area contributed by atoms with Gasteiger partial charge in [-0.15, -0.1) is 0 Å². The molecule has 4 nitrogen and oxygen atoms in total. The van der Waals surface area contributed by atoms with Crippen molar-refractivity contribution in [3.8, 4) is 5.75 Å². The van der Waals surface area contributed by atoms with Crippen LogP contribution in [0, 0.1) is 0 Å². The first-order chi connectivity index (χ1) is 10.2. The van der Waals surface area contributed by atoms with Gasteiger partial charge in [0, 0.05) is 17.8 Å². The molecule has 5 heteroatoms. The summed E-state index contributed by atoms with van der Waals surface area (Å²) in [6.07, 6.45) is 7.39. The molecule has 2 N–H and O–H groups in total. The fourth-order valence-electron chi connectivity index (χ4n) is 3.05. The van der Waals surface area contributed by atoms with Crippen molar-refractivity contribution in [2.24, 2.45) is 0 Å². The number of carbonyl (C=O) groups is 1. The average Bonchev–Trinajstić information content (AvgIpc) is 2.52. The molecule has 1 aromatic carbocycles. The van der Waals surface area contributed by atoms with Crippen molar-refractivity contribution in [3.63, 3.8) is 0 Å². The van der Waals surface area contributed by atoms with Gasteiger partial charge in [-0.25, -0.2) is 0 Å². The van der Waals surface area contributed by atoms with Gasteiger partial charge in [0.2, 0.25) is 0 Å². The van der Waals surface area contributed by atoms with E-state index in [9.17, 15) is 4.79 Å². The van der Waals surface area contributed by atoms with Crippen LogP contribution in [0.5, 0.6) is 5.75 Å². The summed E-state index contributed by atoms with van der Waals surface area (Å²) in [7, 11) is 0. The molecule has 2 aliphatic rings. The number of thioether (sulfide) groups is 1. The van der Waals surface area contributed by atoms with Crippen molar-refractivity contribution in [2.45, 2.75) is 43.5 Å². The lowest BCUT2D eigenvalue weighted by molar-refractivity contribution is -0.118. The Bertz CT molecular complexity index is 521. The van der Waals surface area contributed by atoms with E-state index in [1.165, 1.54) is 31.2 Å². The first kappa shape index (κ1) is 14.7. The Morgan fingerprint density at radius 2 is 2.33 bits per heavy atom. The summed E-state index contributed by atoms with van der Waals surface area (Å²) in [4.78, 5) is 11.4. The molecule has 0 radical (unpaired) electrons. The molecule has 0 aromatic heterocycles. The quantitative estimate of drug-likeness (QED) is 0.898. The lowest BCUT2D eigenvalue weighted by Crippen LogP contribution is -2.34. The van der Waals surface area contributed by atoms with Crippen molar-refractivity contribution < 1.29 is 9.53 Å². The number of hydrogen-bond acceptors (Lipinski definition) is 4. The molecule has 2 atom stereocenters. The molecule has 1 fully saturated rings. The van der Waals surface area contributed by atoms with Crippen LogP contribution in [0.3, 0.4) is 0 Å².